The van der Waals surface area contributed by atoms with Crippen molar-refractivity contribution in [2.45, 2.75) is 76.6 Å². The average Bonchev–Trinajstić information content (AvgIpc) is 3.58. The van der Waals surface area contributed by atoms with Crippen LogP contribution in [0.1, 0.15) is 67.8 Å². The van der Waals surface area contributed by atoms with E-state index in [9.17, 15) is 9.59 Å². The van der Waals surface area contributed by atoms with Crippen LogP contribution in [-0.4, -0.2) is 72.0 Å². The summed E-state index contributed by atoms with van der Waals surface area (Å²) in [4.78, 5) is 42.3. The first-order valence-electron chi connectivity index (χ1n) is 15.9. The molecule has 1 atom stereocenters. The van der Waals surface area contributed by atoms with Gasteiger partial charge in [0.1, 0.15) is 24.1 Å². The normalized spacial score (nSPS) is 19.6. The smallest absolute Gasteiger partial charge is 0.251 e. The van der Waals surface area contributed by atoms with Crippen molar-refractivity contribution in [3.05, 3.63) is 65.9 Å². The number of fused-ring (bicyclic) bond motifs is 1. The van der Waals surface area contributed by atoms with Crippen LogP contribution >= 0.6 is 0 Å². The molecular formula is C34H43N7O3. The Morgan fingerprint density at radius 1 is 1.02 bits per heavy atom. The Morgan fingerprint density at radius 2 is 1.77 bits per heavy atom. The van der Waals surface area contributed by atoms with Crippen molar-refractivity contribution >= 4 is 35.0 Å². The number of likely N-dealkylation sites (N-methyl/N-ethyl adjacent to an activating group) is 1. The third kappa shape index (κ3) is 6.36. The zero-order valence-electron chi connectivity index (χ0n) is 26.0. The molecule has 2 aromatic carbocycles. The zero-order valence-corrected chi connectivity index (χ0v) is 26.0. The Kier molecular flexibility index (Phi) is 8.97. The van der Waals surface area contributed by atoms with Crippen LogP contribution in [0.4, 0.5) is 23.1 Å². The van der Waals surface area contributed by atoms with Gasteiger partial charge in [-0.3, -0.25) is 9.59 Å². The lowest BCUT2D eigenvalue weighted by Gasteiger charge is -2.43. The van der Waals surface area contributed by atoms with Gasteiger partial charge in [-0.15, -0.1) is 0 Å². The summed E-state index contributed by atoms with van der Waals surface area (Å²) in [7, 11) is 3.91. The highest BCUT2D eigenvalue weighted by Gasteiger charge is 2.41. The molecule has 0 spiro atoms. The number of amides is 2. The highest BCUT2D eigenvalue weighted by Crippen LogP contribution is 2.40. The van der Waals surface area contributed by atoms with Gasteiger partial charge in [0.25, 0.3) is 5.91 Å². The zero-order chi connectivity index (χ0) is 30.6. The molecule has 0 bridgehead atoms. The van der Waals surface area contributed by atoms with E-state index < -0.39 is 0 Å². The summed E-state index contributed by atoms with van der Waals surface area (Å²) in [6.45, 7) is 4.36. The standard InChI is InChI=1S/C34H43N7O3/c1-4-28-33(43)40(3)29-21-35-34(38-31(29)41(28)26-12-8-9-13-26)37-27-15-14-24(32(42)36-25-16-18-39(2)19-17-25)20-30(27)44-22-23-10-6-5-7-11-23/h5-7,10-11,14-15,20-21,25-26,28H,4,8-9,12-13,16-19,22H2,1-3H3,(H,36,42)(H,35,37,38)/t28-/m1/s1. The highest BCUT2D eigenvalue weighted by atomic mass is 16.5. The number of likely N-dealkylation sites (tertiary alicyclic amines) is 1. The second kappa shape index (κ2) is 13.2. The molecule has 2 amide bonds. The average molecular weight is 598 g/mol. The number of piperidine rings is 1. The highest BCUT2D eigenvalue weighted by molar-refractivity contribution is 6.04. The number of carbonyl (C=O) groups is 2. The fourth-order valence-electron chi connectivity index (χ4n) is 6.61. The molecule has 3 aromatic rings. The minimum absolute atomic E-state index is 0.0851. The Morgan fingerprint density at radius 3 is 2.50 bits per heavy atom. The van der Waals surface area contributed by atoms with E-state index in [0.717, 1.165) is 68.7 Å². The fourth-order valence-corrected chi connectivity index (χ4v) is 6.61. The van der Waals surface area contributed by atoms with Crippen LogP contribution in [0.5, 0.6) is 5.75 Å². The lowest BCUT2D eigenvalue weighted by Crippen LogP contribution is -2.55. The van der Waals surface area contributed by atoms with E-state index in [0.29, 0.717) is 36.0 Å². The van der Waals surface area contributed by atoms with Gasteiger partial charge in [-0.2, -0.15) is 4.98 Å². The van der Waals surface area contributed by atoms with Crippen molar-refractivity contribution < 1.29 is 14.3 Å². The topological polar surface area (TPSA) is 103 Å². The van der Waals surface area contributed by atoms with Crippen LogP contribution in [0, 0.1) is 0 Å². The summed E-state index contributed by atoms with van der Waals surface area (Å²) in [5.74, 6) is 1.72. The van der Waals surface area contributed by atoms with Gasteiger partial charge in [0.2, 0.25) is 11.9 Å². The molecule has 1 aliphatic carbocycles. The predicted molar refractivity (Wildman–Crippen MR) is 173 cm³/mol. The van der Waals surface area contributed by atoms with Gasteiger partial charge in [0.05, 0.1) is 11.9 Å². The number of benzene rings is 2. The summed E-state index contributed by atoms with van der Waals surface area (Å²) in [6, 6.07) is 15.6. The van der Waals surface area contributed by atoms with E-state index in [1.807, 2.05) is 42.5 Å². The van der Waals surface area contributed by atoms with E-state index in [4.69, 9.17) is 9.72 Å². The molecule has 3 heterocycles. The molecule has 1 saturated carbocycles. The summed E-state index contributed by atoms with van der Waals surface area (Å²) in [6.07, 6.45) is 8.74. The molecule has 0 radical (unpaired) electrons. The second-order valence-corrected chi connectivity index (χ2v) is 12.2. The molecule has 3 aliphatic rings. The first kappa shape index (κ1) is 29.9. The fraction of sp³-hybridized carbons (Fsp3) is 0.471. The summed E-state index contributed by atoms with van der Waals surface area (Å²) in [5.41, 5.74) is 2.95. The number of hydrogen-bond acceptors (Lipinski definition) is 8. The number of carbonyl (C=O) groups excluding carboxylic acids is 2. The molecule has 1 aromatic heterocycles. The van der Waals surface area contributed by atoms with E-state index >= 15 is 0 Å². The summed E-state index contributed by atoms with van der Waals surface area (Å²) < 4.78 is 6.30. The van der Waals surface area contributed by atoms with Crippen molar-refractivity contribution in [3.8, 4) is 5.75 Å². The Balaban J connectivity index is 1.28. The first-order chi connectivity index (χ1) is 21.4. The van der Waals surface area contributed by atoms with Crippen LogP contribution in [0.2, 0.25) is 0 Å². The van der Waals surface area contributed by atoms with Gasteiger partial charge < -0.3 is 30.1 Å². The molecule has 232 valence electrons. The van der Waals surface area contributed by atoms with Gasteiger partial charge in [0, 0.05) is 24.7 Å². The minimum Gasteiger partial charge on any atom is -0.487 e. The SMILES string of the molecule is CC[C@@H]1C(=O)N(C)c2cnc(Nc3ccc(C(=O)NC4CCN(C)CC4)cc3OCc3ccccc3)nc2N1C1CCCC1. The predicted octanol–water partition coefficient (Wildman–Crippen LogP) is 5.13. The Bertz CT molecular complexity index is 1470. The van der Waals surface area contributed by atoms with Gasteiger partial charge in [-0.1, -0.05) is 50.1 Å². The summed E-state index contributed by atoms with van der Waals surface area (Å²) >= 11 is 0. The maximum absolute atomic E-state index is 13.3. The molecule has 1 saturated heterocycles. The third-order valence-corrected chi connectivity index (χ3v) is 9.19. The maximum Gasteiger partial charge on any atom is 0.251 e. The van der Waals surface area contributed by atoms with E-state index in [1.165, 1.54) is 0 Å². The second-order valence-electron chi connectivity index (χ2n) is 12.2. The number of nitrogens with zero attached hydrogens (tertiary/aromatic N) is 5. The molecule has 0 unspecified atom stereocenters. The molecule has 6 rings (SSSR count). The van der Waals surface area contributed by atoms with Crippen molar-refractivity contribution in [2.24, 2.45) is 0 Å². The van der Waals surface area contributed by atoms with Gasteiger partial charge >= 0.3 is 0 Å². The third-order valence-electron chi connectivity index (χ3n) is 9.19. The first-order valence-corrected chi connectivity index (χ1v) is 15.9. The quantitative estimate of drug-likeness (QED) is 0.350. The number of rotatable bonds is 9. The van der Waals surface area contributed by atoms with Crippen LogP contribution in [0.3, 0.4) is 0 Å². The van der Waals surface area contributed by atoms with Crippen LogP contribution in [0.15, 0.2) is 54.7 Å². The van der Waals surface area contributed by atoms with Crippen molar-refractivity contribution in [1.29, 1.82) is 0 Å². The molecular weight excluding hydrogens is 554 g/mol. The molecule has 44 heavy (non-hydrogen) atoms. The summed E-state index contributed by atoms with van der Waals surface area (Å²) in [5, 5.41) is 6.57. The number of anilines is 4. The van der Waals surface area contributed by atoms with Gasteiger partial charge in [0.15, 0.2) is 5.82 Å². The van der Waals surface area contributed by atoms with Crippen molar-refractivity contribution in [2.75, 3.05) is 42.3 Å². The van der Waals surface area contributed by atoms with Crippen molar-refractivity contribution in [1.82, 2.24) is 20.2 Å². The number of hydrogen-bond donors (Lipinski definition) is 2. The lowest BCUT2D eigenvalue weighted by atomic mass is 10.0. The van der Waals surface area contributed by atoms with E-state index in [-0.39, 0.29) is 29.9 Å². The number of ether oxygens (including phenoxy) is 1. The lowest BCUT2D eigenvalue weighted by molar-refractivity contribution is -0.120. The van der Waals surface area contributed by atoms with Gasteiger partial charge in [-0.25, -0.2) is 4.98 Å². The molecule has 2 fully saturated rings. The van der Waals surface area contributed by atoms with Crippen LogP contribution < -0.4 is 25.2 Å². The minimum atomic E-state index is -0.245. The maximum atomic E-state index is 13.3. The van der Waals surface area contributed by atoms with E-state index in [1.54, 1.807) is 24.2 Å². The van der Waals surface area contributed by atoms with E-state index in [2.05, 4.69) is 39.4 Å². The van der Waals surface area contributed by atoms with Crippen LogP contribution in [-0.2, 0) is 11.4 Å². The van der Waals surface area contributed by atoms with Crippen LogP contribution in [0.25, 0.3) is 0 Å². The molecule has 2 aliphatic heterocycles. The number of aromatic nitrogens is 2. The number of nitrogens with one attached hydrogen (secondary N) is 2. The Hall–Kier alpha value is -4.18. The van der Waals surface area contributed by atoms with Crippen molar-refractivity contribution in [3.63, 3.8) is 0 Å². The Labute approximate surface area is 259 Å². The molecule has 10 nitrogen and oxygen atoms in total. The molecule has 2 N–H and O–H groups in total. The monoisotopic (exact) mass is 597 g/mol. The largest absolute Gasteiger partial charge is 0.487 e. The molecule has 10 heteroatoms. The van der Waals surface area contributed by atoms with Gasteiger partial charge in [-0.05, 0) is 76.0 Å².